The summed E-state index contributed by atoms with van der Waals surface area (Å²) < 4.78 is 25.3. The van der Waals surface area contributed by atoms with Crippen molar-refractivity contribution in [1.29, 1.82) is 0 Å². The predicted molar refractivity (Wildman–Crippen MR) is 60.2 cm³/mol. The van der Waals surface area contributed by atoms with Crippen molar-refractivity contribution in [2.45, 2.75) is 44.8 Å². The van der Waals surface area contributed by atoms with Gasteiger partial charge in [-0.05, 0) is 19.9 Å². The molecule has 0 aliphatic carbocycles. The molecule has 0 rings (SSSR count). The van der Waals surface area contributed by atoms with Crippen LogP contribution in [0.2, 0.25) is 25.7 Å². The highest BCUT2D eigenvalue weighted by Crippen LogP contribution is 2.07. The minimum atomic E-state index is -3.05. The second-order valence-corrected chi connectivity index (χ2v) is 12.7. The quantitative estimate of drug-likeness (QED) is 0.720. The van der Waals surface area contributed by atoms with Crippen LogP contribution in [0, 0.1) is 0 Å². The van der Waals surface area contributed by atoms with Crippen molar-refractivity contribution in [3.8, 4) is 0 Å². The summed E-state index contributed by atoms with van der Waals surface area (Å²) in [5.41, 5.74) is 0. The van der Waals surface area contributed by atoms with E-state index in [1.807, 2.05) is 0 Å². The van der Waals surface area contributed by atoms with E-state index in [0.29, 0.717) is 6.54 Å². The molecule has 0 aromatic carbocycles. The van der Waals surface area contributed by atoms with Gasteiger partial charge in [-0.25, -0.2) is 13.1 Å². The highest BCUT2D eigenvalue weighted by Gasteiger charge is 2.17. The second kappa shape index (κ2) is 4.57. The summed E-state index contributed by atoms with van der Waals surface area (Å²) in [7, 11) is -4.17. The van der Waals surface area contributed by atoms with Gasteiger partial charge in [0.1, 0.15) is 0 Å². The lowest BCUT2D eigenvalue weighted by atomic mass is 10.6. The maximum atomic E-state index is 11.3. The van der Waals surface area contributed by atoms with E-state index >= 15 is 0 Å². The minimum absolute atomic E-state index is 0.325. The molecule has 0 atom stereocenters. The van der Waals surface area contributed by atoms with Gasteiger partial charge in [-0.15, -0.1) is 0 Å². The van der Waals surface area contributed by atoms with Crippen LogP contribution in [0.5, 0.6) is 0 Å². The molecular formula is C8H21NO2SSi. The molecule has 0 radical (unpaired) electrons. The first-order valence-electron chi connectivity index (χ1n) is 4.63. The molecule has 0 saturated carbocycles. The number of rotatable bonds is 5. The third-order valence-corrected chi connectivity index (χ3v) is 5.40. The minimum Gasteiger partial charge on any atom is -0.215 e. The van der Waals surface area contributed by atoms with Gasteiger partial charge in [-0.2, -0.15) is 0 Å². The first kappa shape index (κ1) is 13.1. The zero-order valence-electron chi connectivity index (χ0n) is 9.22. The largest absolute Gasteiger partial charge is 0.215 e. The summed E-state index contributed by atoms with van der Waals surface area (Å²) in [6, 6.07) is 0.999. The number of hydrogen-bond donors (Lipinski definition) is 1. The van der Waals surface area contributed by atoms with Crippen LogP contribution in [0.3, 0.4) is 0 Å². The summed E-state index contributed by atoms with van der Waals surface area (Å²) in [5, 5.41) is -0.325. The molecule has 0 aliphatic rings. The first-order chi connectivity index (χ1) is 5.65. The van der Waals surface area contributed by atoms with Crippen LogP contribution in [0.4, 0.5) is 0 Å². The van der Waals surface area contributed by atoms with Crippen LogP contribution in [0.1, 0.15) is 13.8 Å². The smallest absolute Gasteiger partial charge is 0.213 e. The molecule has 5 heteroatoms. The lowest BCUT2D eigenvalue weighted by Crippen LogP contribution is -2.34. The Labute approximate surface area is 83.0 Å². The summed E-state index contributed by atoms with van der Waals surface area (Å²) in [4.78, 5) is 0. The Morgan fingerprint density at radius 3 is 2.00 bits per heavy atom. The molecule has 13 heavy (non-hydrogen) atoms. The summed E-state index contributed by atoms with van der Waals surface area (Å²) in [6.07, 6.45) is 0. The molecule has 0 bridgehead atoms. The summed E-state index contributed by atoms with van der Waals surface area (Å²) in [5.74, 6) is 0. The van der Waals surface area contributed by atoms with Crippen LogP contribution in [-0.2, 0) is 10.0 Å². The zero-order chi connectivity index (χ0) is 10.7. The topological polar surface area (TPSA) is 46.2 Å². The monoisotopic (exact) mass is 223 g/mol. The third kappa shape index (κ3) is 6.23. The maximum Gasteiger partial charge on any atom is 0.213 e. The van der Waals surface area contributed by atoms with Gasteiger partial charge in [-0.3, -0.25) is 0 Å². The van der Waals surface area contributed by atoms with Gasteiger partial charge in [0.25, 0.3) is 0 Å². The number of nitrogens with one attached hydrogen (secondary N) is 1. The van der Waals surface area contributed by atoms with Gasteiger partial charge >= 0.3 is 0 Å². The van der Waals surface area contributed by atoms with Gasteiger partial charge in [0.2, 0.25) is 10.0 Å². The van der Waals surface area contributed by atoms with Gasteiger partial charge in [0.05, 0.1) is 5.25 Å². The second-order valence-electron chi connectivity index (χ2n) is 4.80. The Bertz CT molecular complexity index is 241. The van der Waals surface area contributed by atoms with Crippen LogP contribution in [-0.4, -0.2) is 28.3 Å². The molecule has 0 amide bonds. The summed E-state index contributed by atoms with van der Waals surface area (Å²) in [6.45, 7) is 10.7. The van der Waals surface area contributed by atoms with Gasteiger partial charge in [-0.1, -0.05) is 19.6 Å². The Morgan fingerprint density at radius 2 is 1.69 bits per heavy atom. The van der Waals surface area contributed by atoms with E-state index < -0.39 is 18.1 Å². The highest BCUT2D eigenvalue weighted by molar-refractivity contribution is 7.90. The van der Waals surface area contributed by atoms with Crippen molar-refractivity contribution in [3.63, 3.8) is 0 Å². The fourth-order valence-corrected chi connectivity index (χ4v) is 2.51. The molecule has 0 heterocycles. The van der Waals surface area contributed by atoms with Crippen molar-refractivity contribution in [1.82, 2.24) is 4.72 Å². The van der Waals surface area contributed by atoms with Gasteiger partial charge < -0.3 is 0 Å². The lowest BCUT2D eigenvalue weighted by molar-refractivity contribution is 0.574. The predicted octanol–water partition coefficient (Wildman–Crippen LogP) is 1.65. The van der Waals surface area contributed by atoms with Crippen LogP contribution in [0.15, 0.2) is 0 Å². The Morgan fingerprint density at radius 1 is 1.23 bits per heavy atom. The fraction of sp³-hybridized carbons (Fsp3) is 1.00. The first-order valence-corrected chi connectivity index (χ1v) is 9.89. The molecule has 1 N–H and O–H groups in total. The molecular weight excluding hydrogens is 202 g/mol. The molecule has 0 fully saturated rings. The Balaban J connectivity index is 3.92. The molecule has 0 aromatic rings. The molecule has 80 valence electrons. The van der Waals surface area contributed by atoms with Crippen LogP contribution in [0.25, 0.3) is 0 Å². The van der Waals surface area contributed by atoms with E-state index in [1.54, 1.807) is 13.8 Å². The summed E-state index contributed by atoms with van der Waals surface area (Å²) >= 11 is 0. The molecule has 0 aliphatic heterocycles. The SMILES string of the molecule is CC(C)S(=O)(=O)NCC[Si](C)(C)C. The van der Waals surface area contributed by atoms with E-state index in [1.165, 1.54) is 0 Å². The Kier molecular flexibility index (Phi) is 4.61. The Hall–Kier alpha value is 0.127. The van der Waals surface area contributed by atoms with Crippen LogP contribution >= 0.6 is 0 Å². The van der Waals surface area contributed by atoms with E-state index in [9.17, 15) is 8.42 Å². The molecule has 0 aromatic heterocycles. The average Bonchev–Trinajstić information content (AvgIpc) is 1.82. The zero-order valence-corrected chi connectivity index (χ0v) is 11.0. The van der Waals surface area contributed by atoms with E-state index in [2.05, 4.69) is 24.4 Å². The fourth-order valence-electron chi connectivity index (χ4n) is 0.735. The van der Waals surface area contributed by atoms with E-state index in [4.69, 9.17) is 0 Å². The number of sulfonamides is 1. The van der Waals surface area contributed by atoms with Crippen molar-refractivity contribution >= 4 is 18.1 Å². The maximum absolute atomic E-state index is 11.3. The number of hydrogen-bond acceptors (Lipinski definition) is 2. The van der Waals surface area contributed by atoms with E-state index in [0.717, 1.165) is 6.04 Å². The highest BCUT2D eigenvalue weighted by atomic mass is 32.2. The standard InChI is InChI=1S/C8H21NO2SSi/c1-8(2)12(10,11)9-6-7-13(3,4)5/h8-9H,6-7H2,1-5H3. The lowest BCUT2D eigenvalue weighted by Gasteiger charge is -2.16. The van der Waals surface area contributed by atoms with Crippen molar-refractivity contribution < 1.29 is 8.42 Å². The molecule has 0 unspecified atom stereocenters. The van der Waals surface area contributed by atoms with Gasteiger partial charge in [0.15, 0.2) is 0 Å². The average molecular weight is 223 g/mol. The molecule has 0 spiro atoms. The third-order valence-electron chi connectivity index (χ3n) is 1.80. The molecule has 0 saturated heterocycles. The van der Waals surface area contributed by atoms with Gasteiger partial charge in [0, 0.05) is 14.6 Å². The molecule has 3 nitrogen and oxygen atoms in total. The van der Waals surface area contributed by atoms with Crippen molar-refractivity contribution in [2.24, 2.45) is 0 Å². The van der Waals surface area contributed by atoms with E-state index in [-0.39, 0.29) is 5.25 Å². The van der Waals surface area contributed by atoms with Crippen molar-refractivity contribution in [2.75, 3.05) is 6.54 Å². The van der Waals surface area contributed by atoms with Crippen molar-refractivity contribution in [3.05, 3.63) is 0 Å². The normalized spacial score (nSPS) is 13.7. The van der Waals surface area contributed by atoms with Crippen LogP contribution < -0.4 is 4.72 Å².